The summed E-state index contributed by atoms with van der Waals surface area (Å²) in [7, 11) is 4.61. The minimum Gasteiger partial charge on any atom is -0.497 e. The summed E-state index contributed by atoms with van der Waals surface area (Å²) in [6.45, 7) is 0. The Morgan fingerprint density at radius 3 is 2.40 bits per heavy atom. The summed E-state index contributed by atoms with van der Waals surface area (Å²) in [5, 5.41) is 3.09. The second-order valence-corrected chi connectivity index (χ2v) is 5.96. The van der Waals surface area contributed by atoms with Gasteiger partial charge < -0.3 is 25.3 Å². The van der Waals surface area contributed by atoms with Crippen molar-refractivity contribution < 1.29 is 19.0 Å². The van der Waals surface area contributed by atoms with Crippen molar-refractivity contribution in [3.63, 3.8) is 0 Å². The van der Waals surface area contributed by atoms with E-state index < -0.39 is 5.91 Å². The van der Waals surface area contributed by atoms with Crippen LogP contribution in [0.3, 0.4) is 0 Å². The number of carbonyl (C=O) groups excluding carboxylic acids is 1. The maximum Gasteiger partial charge on any atom is 0.273 e. The molecule has 0 aliphatic rings. The third-order valence-corrected chi connectivity index (χ3v) is 4.19. The van der Waals surface area contributed by atoms with Gasteiger partial charge in [-0.25, -0.2) is 9.97 Å². The third-order valence-electron chi connectivity index (χ3n) is 4.19. The smallest absolute Gasteiger partial charge is 0.273 e. The standard InChI is InChI=1S/C20H22N6O4/c1-28-12-8-9-16(30-3)14(10-12)24-18-17(21)19(23-11-22-18)25-26-20(27)13-6-4-5-7-15(13)29-2/h4-11H,21H2,1-3H3,(H,26,27)(H2,22,23,24,25). The summed E-state index contributed by atoms with van der Waals surface area (Å²) < 4.78 is 15.8. The second kappa shape index (κ2) is 9.32. The number of methoxy groups -OCH3 is 3. The first kappa shape index (κ1) is 20.5. The molecule has 3 rings (SSSR count). The van der Waals surface area contributed by atoms with Gasteiger partial charge in [0.2, 0.25) is 0 Å². The number of benzene rings is 2. The van der Waals surface area contributed by atoms with Gasteiger partial charge >= 0.3 is 0 Å². The van der Waals surface area contributed by atoms with Gasteiger partial charge in [-0.3, -0.25) is 15.6 Å². The highest BCUT2D eigenvalue weighted by atomic mass is 16.5. The number of nitrogen functional groups attached to an aromatic ring is 1. The van der Waals surface area contributed by atoms with Gasteiger partial charge in [0.1, 0.15) is 29.3 Å². The Hall–Kier alpha value is -4.21. The molecule has 5 N–H and O–H groups in total. The van der Waals surface area contributed by atoms with E-state index in [9.17, 15) is 4.79 Å². The van der Waals surface area contributed by atoms with Crippen LogP contribution in [0.4, 0.5) is 23.0 Å². The van der Waals surface area contributed by atoms with Crippen molar-refractivity contribution in [1.29, 1.82) is 0 Å². The lowest BCUT2D eigenvalue weighted by molar-refractivity contribution is 0.0959. The largest absolute Gasteiger partial charge is 0.497 e. The molecule has 30 heavy (non-hydrogen) atoms. The molecule has 10 nitrogen and oxygen atoms in total. The summed E-state index contributed by atoms with van der Waals surface area (Å²) in [6.07, 6.45) is 1.31. The molecule has 0 saturated heterocycles. The Bertz CT molecular complexity index is 1040. The molecule has 1 heterocycles. The van der Waals surface area contributed by atoms with E-state index in [1.54, 1.807) is 56.7 Å². The zero-order chi connectivity index (χ0) is 21.5. The fourth-order valence-electron chi connectivity index (χ4n) is 2.65. The zero-order valence-electron chi connectivity index (χ0n) is 16.7. The zero-order valence-corrected chi connectivity index (χ0v) is 16.7. The molecule has 10 heteroatoms. The van der Waals surface area contributed by atoms with Gasteiger partial charge in [0, 0.05) is 6.07 Å². The Morgan fingerprint density at radius 2 is 1.67 bits per heavy atom. The molecular weight excluding hydrogens is 388 g/mol. The van der Waals surface area contributed by atoms with Gasteiger partial charge in [0.15, 0.2) is 11.6 Å². The first-order valence-corrected chi connectivity index (χ1v) is 8.86. The number of rotatable bonds is 8. The first-order chi connectivity index (χ1) is 14.6. The Labute approximate surface area is 173 Å². The van der Waals surface area contributed by atoms with Gasteiger partial charge in [-0.1, -0.05) is 12.1 Å². The predicted molar refractivity (Wildman–Crippen MR) is 113 cm³/mol. The summed E-state index contributed by atoms with van der Waals surface area (Å²) in [4.78, 5) is 20.7. The lowest BCUT2D eigenvalue weighted by atomic mass is 10.2. The molecule has 0 fully saturated rings. The molecule has 3 aromatic rings. The maximum atomic E-state index is 12.5. The highest BCUT2D eigenvalue weighted by Gasteiger charge is 2.14. The van der Waals surface area contributed by atoms with Crippen molar-refractivity contribution in [2.24, 2.45) is 0 Å². The maximum absolute atomic E-state index is 12.5. The molecule has 0 radical (unpaired) electrons. The van der Waals surface area contributed by atoms with E-state index in [1.807, 2.05) is 0 Å². The van der Waals surface area contributed by atoms with Crippen molar-refractivity contribution in [3.05, 3.63) is 54.4 Å². The Morgan fingerprint density at radius 1 is 0.933 bits per heavy atom. The normalized spacial score (nSPS) is 10.1. The minimum absolute atomic E-state index is 0.197. The fourth-order valence-corrected chi connectivity index (χ4v) is 2.65. The number of nitrogens with zero attached hydrogens (tertiary/aromatic N) is 2. The van der Waals surface area contributed by atoms with E-state index >= 15 is 0 Å². The molecule has 1 amide bonds. The van der Waals surface area contributed by atoms with Crippen LogP contribution in [0.5, 0.6) is 17.2 Å². The molecule has 2 aromatic carbocycles. The molecule has 0 atom stereocenters. The van der Waals surface area contributed by atoms with Crippen LogP contribution in [0, 0.1) is 0 Å². The van der Waals surface area contributed by atoms with E-state index in [0.29, 0.717) is 34.3 Å². The minimum atomic E-state index is -0.408. The highest BCUT2D eigenvalue weighted by Crippen LogP contribution is 2.33. The number of carbonyl (C=O) groups is 1. The molecule has 0 aliphatic heterocycles. The number of aromatic nitrogens is 2. The van der Waals surface area contributed by atoms with Gasteiger partial charge in [-0.15, -0.1) is 0 Å². The fraction of sp³-hybridized carbons (Fsp3) is 0.150. The average Bonchev–Trinajstić information content (AvgIpc) is 2.79. The Kier molecular flexibility index (Phi) is 6.38. The monoisotopic (exact) mass is 410 g/mol. The van der Waals surface area contributed by atoms with Crippen molar-refractivity contribution in [2.75, 3.05) is 37.8 Å². The van der Waals surface area contributed by atoms with Crippen LogP contribution in [-0.4, -0.2) is 37.2 Å². The number of hydrogen-bond acceptors (Lipinski definition) is 9. The molecular formula is C20H22N6O4. The number of hydrogen-bond donors (Lipinski definition) is 4. The Balaban J connectivity index is 1.78. The van der Waals surface area contributed by atoms with E-state index in [1.165, 1.54) is 13.4 Å². The van der Waals surface area contributed by atoms with Crippen LogP contribution in [0.2, 0.25) is 0 Å². The molecule has 0 aliphatic carbocycles. The average molecular weight is 410 g/mol. The van der Waals surface area contributed by atoms with Crippen molar-refractivity contribution >= 4 is 28.9 Å². The van der Waals surface area contributed by atoms with Gasteiger partial charge in [0.05, 0.1) is 32.6 Å². The summed E-state index contributed by atoms with van der Waals surface area (Å²) in [6, 6.07) is 12.1. The number of amides is 1. The van der Waals surface area contributed by atoms with Gasteiger partial charge in [0.25, 0.3) is 5.91 Å². The summed E-state index contributed by atoms with van der Waals surface area (Å²) in [5.74, 6) is 1.79. The van der Waals surface area contributed by atoms with Crippen LogP contribution < -0.4 is 36.1 Å². The lowest BCUT2D eigenvalue weighted by Gasteiger charge is -2.15. The van der Waals surface area contributed by atoms with Crippen LogP contribution in [0.1, 0.15) is 10.4 Å². The topological polar surface area (TPSA) is 133 Å². The first-order valence-electron chi connectivity index (χ1n) is 8.86. The number of hydrazine groups is 1. The van der Waals surface area contributed by atoms with Crippen molar-refractivity contribution in [3.8, 4) is 17.2 Å². The molecule has 0 spiro atoms. The summed E-state index contributed by atoms with van der Waals surface area (Å²) in [5.41, 5.74) is 12.6. The molecule has 0 saturated carbocycles. The quantitative estimate of drug-likeness (QED) is 0.414. The molecule has 0 unspecified atom stereocenters. The number of nitrogens with one attached hydrogen (secondary N) is 3. The number of ether oxygens (including phenoxy) is 3. The van der Waals surface area contributed by atoms with E-state index in [-0.39, 0.29) is 11.5 Å². The van der Waals surface area contributed by atoms with Crippen LogP contribution in [-0.2, 0) is 0 Å². The van der Waals surface area contributed by atoms with Crippen LogP contribution in [0.15, 0.2) is 48.8 Å². The number of nitrogens with two attached hydrogens (primary N) is 1. The van der Waals surface area contributed by atoms with E-state index in [2.05, 4.69) is 26.1 Å². The van der Waals surface area contributed by atoms with Gasteiger partial charge in [-0.05, 0) is 24.3 Å². The van der Waals surface area contributed by atoms with Gasteiger partial charge in [-0.2, -0.15) is 0 Å². The third kappa shape index (κ3) is 4.43. The summed E-state index contributed by atoms with van der Waals surface area (Å²) >= 11 is 0. The SMILES string of the molecule is COc1ccc(OC)c(Nc2ncnc(NNC(=O)c3ccccc3OC)c2N)c1. The van der Waals surface area contributed by atoms with E-state index in [4.69, 9.17) is 19.9 Å². The molecule has 1 aromatic heterocycles. The van der Waals surface area contributed by atoms with Crippen LogP contribution in [0.25, 0.3) is 0 Å². The van der Waals surface area contributed by atoms with Crippen molar-refractivity contribution in [1.82, 2.24) is 15.4 Å². The van der Waals surface area contributed by atoms with E-state index in [0.717, 1.165) is 0 Å². The van der Waals surface area contributed by atoms with Crippen LogP contribution >= 0.6 is 0 Å². The number of anilines is 4. The predicted octanol–water partition coefficient (Wildman–Crippen LogP) is 2.59. The lowest BCUT2D eigenvalue weighted by Crippen LogP contribution is -2.30. The van der Waals surface area contributed by atoms with Crippen molar-refractivity contribution in [2.45, 2.75) is 0 Å². The second-order valence-electron chi connectivity index (χ2n) is 5.96. The highest BCUT2D eigenvalue weighted by molar-refractivity contribution is 5.97. The molecule has 0 bridgehead atoms. The molecule has 156 valence electrons. The number of para-hydroxylation sites is 1.